The molecule has 2 heterocycles. The quantitative estimate of drug-likeness (QED) is 0.889. The number of nitrogens with one attached hydrogen (secondary N) is 1. The Hall–Kier alpha value is -1.15. The first-order valence-corrected chi connectivity index (χ1v) is 8.53. The minimum absolute atomic E-state index is 0.0198. The van der Waals surface area contributed by atoms with E-state index in [1.165, 1.54) is 21.7 Å². The zero-order valence-corrected chi connectivity index (χ0v) is 13.3. The third-order valence-corrected chi connectivity index (χ3v) is 5.97. The SMILES string of the molecule is CNCc1ccc(S(=O)(=O)N(C)C(C)c2cccs2)o1. The molecule has 0 spiro atoms. The van der Waals surface area contributed by atoms with Crippen LogP contribution in [-0.2, 0) is 16.6 Å². The summed E-state index contributed by atoms with van der Waals surface area (Å²) in [4.78, 5) is 0.998. The highest BCUT2D eigenvalue weighted by Crippen LogP contribution is 2.29. The van der Waals surface area contributed by atoms with Crippen LogP contribution in [0.15, 0.2) is 39.2 Å². The zero-order chi connectivity index (χ0) is 14.8. The number of hydrogen-bond donors (Lipinski definition) is 1. The second-order valence-electron chi connectivity index (χ2n) is 4.46. The van der Waals surface area contributed by atoms with Crippen LogP contribution in [0.3, 0.4) is 0 Å². The van der Waals surface area contributed by atoms with Crippen LogP contribution in [0, 0.1) is 0 Å². The van der Waals surface area contributed by atoms with Gasteiger partial charge in [-0.3, -0.25) is 0 Å². The van der Waals surface area contributed by atoms with Crippen LogP contribution in [0.4, 0.5) is 0 Å². The second-order valence-corrected chi connectivity index (χ2v) is 7.37. The molecule has 0 aromatic carbocycles. The van der Waals surface area contributed by atoms with Gasteiger partial charge >= 0.3 is 0 Å². The number of nitrogens with zero attached hydrogens (tertiary/aromatic N) is 1. The first-order valence-electron chi connectivity index (χ1n) is 6.21. The van der Waals surface area contributed by atoms with Crippen molar-refractivity contribution in [3.63, 3.8) is 0 Å². The maximum Gasteiger partial charge on any atom is 0.276 e. The number of sulfonamides is 1. The fourth-order valence-electron chi connectivity index (χ4n) is 1.82. The molecule has 2 aromatic rings. The van der Waals surface area contributed by atoms with Crippen molar-refractivity contribution in [3.8, 4) is 0 Å². The van der Waals surface area contributed by atoms with E-state index >= 15 is 0 Å². The lowest BCUT2D eigenvalue weighted by atomic mass is 10.3. The molecule has 2 aromatic heterocycles. The molecule has 2 rings (SSSR count). The molecule has 0 fully saturated rings. The molecule has 0 saturated carbocycles. The van der Waals surface area contributed by atoms with Crippen molar-refractivity contribution in [1.29, 1.82) is 0 Å². The number of hydrogen-bond acceptors (Lipinski definition) is 5. The van der Waals surface area contributed by atoms with Gasteiger partial charge in [0.25, 0.3) is 10.0 Å². The van der Waals surface area contributed by atoms with Crippen molar-refractivity contribution in [2.24, 2.45) is 0 Å². The lowest BCUT2D eigenvalue weighted by Gasteiger charge is -2.22. The van der Waals surface area contributed by atoms with Crippen molar-refractivity contribution in [2.75, 3.05) is 14.1 Å². The molecule has 0 aliphatic heterocycles. The molecule has 7 heteroatoms. The summed E-state index contributed by atoms with van der Waals surface area (Å²) >= 11 is 1.54. The van der Waals surface area contributed by atoms with E-state index in [9.17, 15) is 8.42 Å². The summed E-state index contributed by atoms with van der Waals surface area (Å²) in [6.45, 7) is 2.36. The predicted octanol–water partition coefficient (Wildman–Crippen LogP) is 2.44. The number of rotatable bonds is 6. The van der Waals surface area contributed by atoms with Gasteiger partial charge in [-0.1, -0.05) is 6.07 Å². The molecule has 0 bridgehead atoms. The molecule has 20 heavy (non-hydrogen) atoms. The third kappa shape index (κ3) is 2.95. The fourth-order valence-corrected chi connectivity index (χ4v) is 3.98. The van der Waals surface area contributed by atoms with Gasteiger partial charge in [-0.15, -0.1) is 11.3 Å². The van der Waals surface area contributed by atoms with Crippen LogP contribution in [0.1, 0.15) is 23.6 Å². The molecular formula is C13H18N2O3S2. The molecule has 110 valence electrons. The summed E-state index contributed by atoms with van der Waals surface area (Å²) in [6, 6.07) is 6.79. The Morgan fingerprint density at radius 3 is 2.75 bits per heavy atom. The van der Waals surface area contributed by atoms with Gasteiger partial charge in [0.15, 0.2) is 0 Å². The van der Waals surface area contributed by atoms with Crippen LogP contribution in [0.2, 0.25) is 0 Å². The van der Waals surface area contributed by atoms with E-state index in [2.05, 4.69) is 5.32 Å². The van der Waals surface area contributed by atoms with Crippen molar-refractivity contribution in [3.05, 3.63) is 40.3 Å². The molecule has 1 atom stereocenters. The van der Waals surface area contributed by atoms with Gasteiger partial charge in [-0.05, 0) is 37.6 Å². The van der Waals surface area contributed by atoms with Crippen LogP contribution in [0.5, 0.6) is 0 Å². The van der Waals surface area contributed by atoms with Crippen molar-refractivity contribution in [2.45, 2.75) is 24.6 Å². The molecule has 1 unspecified atom stereocenters. The highest BCUT2D eigenvalue weighted by molar-refractivity contribution is 7.89. The molecule has 1 N–H and O–H groups in total. The summed E-state index contributed by atoms with van der Waals surface area (Å²) in [5.41, 5.74) is 0. The van der Waals surface area contributed by atoms with Crippen molar-refractivity contribution in [1.82, 2.24) is 9.62 Å². The van der Waals surface area contributed by atoms with E-state index in [1.54, 1.807) is 20.2 Å². The topological polar surface area (TPSA) is 62.6 Å². The lowest BCUT2D eigenvalue weighted by molar-refractivity contribution is 0.360. The van der Waals surface area contributed by atoms with Crippen LogP contribution in [0.25, 0.3) is 0 Å². The average Bonchev–Trinajstić information content (AvgIpc) is 3.08. The Morgan fingerprint density at radius 2 is 2.15 bits per heavy atom. The summed E-state index contributed by atoms with van der Waals surface area (Å²) in [6.07, 6.45) is 0. The minimum atomic E-state index is -3.62. The van der Waals surface area contributed by atoms with Crippen molar-refractivity contribution < 1.29 is 12.8 Å². The summed E-state index contributed by atoms with van der Waals surface area (Å²) in [7, 11) is -0.267. The maximum absolute atomic E-state index is 12.5. The van der Waals surface area contributed by atoms with E-state index in [0.717, 1.165) is 4.88 Å². The zero-order valence-electron chi connectivity index (χ0n) is 11.7. The second kappa shape index (κ2) is 6.09. The summed E-state index contributed by atoms with van der Waals surface area (Å²) in [5.74, 6) is 0.600. The average molecular weight is 314 g/mol. The van der Waals surface area contributed by atoms with Crippen molar-refractivity contribution >= 4 is 21.4 Å². The Kier molecular flexibility index (Phi) is 4.64. The molecule has 0 aliphatic rings. The standard InChI is InChI=1S/C13H18N2O3S2/c1-10(12-5-4-8-19-12)15(3)20(16,17)13-7-6-11(18-13)9-14-2/h4-8,10,14H,9H2,1-3H3. The first kappa shape index (κ1) is 15.2. The van der Waals surface area contributed by atoms with E-state index < -0.39 is 10.0 Å². The normalized spacial score (nSPS) is 13.8. The summed E-state index contributed by atoms with van der Waals surface area (Å²) < 4.78 is 31.7. The Labute approximate surface area is 123 Å². The fraction of sp³-hybridized carbons (Fsp3) is 0.385. The van der Waals surface area contributed by atoms with Gasteiger partial charge in [0, 0.05) is 11.9 Å². The molecule has 0 amide bonds. The molecule has 0 radical (unpaired) electrons. The van der Waals surface area contributed by atoms with E-state index in [0.29, 0.717) is 12.3 Å². The van der Waals surface area contributed by atoms with Crippen LogP contribution in [-0.4, -0.2) is 26.8 Å². The maximum atomic E-state index is 12.5. The highest BCUT2D eigenvalue weighted by atomic mass is 32.2. The van der Waals surface area contributed by atoms with E-state index in [1.807, 2.05) is 24.4 Å². The van der Waals surface area contributed by atoms with Crippen LogP contribution >= 0.6 is 11.3 Å². The smallest absolute Gasteiger partial charge is 0.276 e. The van der Waals surface area contributed by atoms with Gasteiger partial charge in [-0.25, -0.2) is 8.42 Å². The molecular weight excluding hydrogens is 296 g/mol. The van der Waals surface area contributed by atoms with E-state index in [-0.39, 0.29) is 11.1 Å². The Morgan fingerprint density at radius 1 is 1.40 bits per heavy atom. The number of furan rings is 1. The van der Waals surface area contributed by atoms with Crippen LogP contribution < -0.4 is 5.32 Å². The minimum Gasteiger partial charge on any atom is -0.447 e. The lowest BCUT2D eigenvalue weighted by Crippen LogP contribution is -2.29. The highest BCUT2D eigenvalue weighted by Gasteiger charge is 2.29. The first-order chi connectivity index (χ1) is 9.46. The van der Waals surface area contributed by atoms with Gasteiger partial charge in [0.05, 0.1) is 12.6 Å². The van der Waals surface area contributed by atoms with Gasteiger partial charge < -0.3 is 9.73 Å². The molecule has 0 saturated heterocycles. The monoisotopic (exact) mass is 314 g/mol. The molecule has 0 aliphatic carbocycles. The largest absolute Gasteiger partial charge is 0.447 e. The van der Waals surface area contributed by atoms with Gasteiger partial charge in [0.1, 0.15) is 5.76 Å². The number of thiophene rings is 1. The summed E-state index contributed by atoms with van der Waals surface area (Å²) in [5, 5.41) is 4.84. The van der Waals surface area contributed by atoms with Gasteiger partial charge in [-0.2, -0.15) is 4.31 Å². The predicted molar refractivity (Wildman–Crippen MR) is 79.2 cm³/mol. The molecule has 5 nitrogen and oxygen atoms in total. The van der Waals surface area contributed by atoms with Gasteiger partial charge in [0.2, 0.25) is 5.09 Å². The third-order valence-electron chi connectivity index (χ3n) is 3.12. The Balaban J connectivity index is 2.24. The van der Waals surface area contributed by atoms with E-state index in [4.69, 9.17) is 4.42 Å². The Bertz CT molecular complexity index is 647.